The van der Waals surface area contributed by atoms with Gasteiger partial charge in [-0.2, -0.15) is 0 Å². The molecular weight excluding hydrogens is 264 g/mol. The van der Waals surface area contributed by atoms with Crippen LogP contribution in [0.1, 0.15) is 18.5 Å². The van der Waals surface area contributed by atoms with Gasteiger partial charge in [-0.25, -0.2) is 0 Å². The number of nitrogens with one attached hydrogen (secondary N) is 1. The van der Waals surface area contributed by atoms with Crippen LogP contribution in [0.25, 0.3) is 10.9 Å². The Morgan fingerprint density at radius 3 is 2.81 bits per heavy atom. The smallest absolute Gasteiger partial charge is 0.0705 e. The molecule has 1 heterocycles. The largest absolute Gasteiger partial charge is 0.382 e. The Hall–Kier alpha value is -1.49. The maximum Gasteiger partial charge on any atom is 0.0705 e. The van der Waals surface area contributed by atoms with Gasteiger partial charge >= 0.3 is 0 Å². The lowest BCUT2D eigenvalue weighted by Gasteiger charge is -2.06. The number of benzene rings is 1. The third-order valence-corrected chi connectivity index (χ3v) is 3.29. The number of rotatable bonds is 10. The molecule has 0 aliphatic carbocycles. The Morgan fingerprint density at radius 1 is 1.00 bits per heavy atom. The number of methoxy groups -OCH3 is 1. The Bertz CT molecular complexity index is 531. The first-order chi connectivity index (χ1) is 10.4. The predicted octanol–water partition coefficient (Wildman–Crippen LogP) is 2.77. The van der Waals surface area contributed by atoms with Gasteiger partial charge < -0.3 is 14.8 Å². The zero-order valence-corrected chi connectivity index (χ0v) is 12.7. The van der Waals surface area contributed by atoms with Crippen molar-refractivity contribution in [2.24, 2.45) is 0 Å². The number of para-hydroxylation sites is 1. The molecule has 0 bridgehead atoms. The number of ether oxygens (including phenoxy) is 2. The van der Waals surface area contributed by atoms with Crippen molar-refractivity contribution in [3.05, 3.63) is 42.1 Å². The molecule has 0 saturated carbocycles. The van der Waals surface area contributed by atoms with Gasteiger partial charge in [0.25, 0.3) is 0 Å². The summed E-state index contributed by atoms with van der Waals surface area (Å²) in [5.74, 6) is 0. The monoisotopic (exact) mass is 288 g/mol. The first-order valence-corrected chi connectivity index (χ1v) is 7.52. The lowest BCUT2D eigenvalue weighted by molar-refractivity contribution is 0.0688. The Labute approximate surface area is 126 Å². The minimum Gasteiger partial charge on any atom is -0.382 e. The second kappa shape index (κ2) is 9.45. The molecule has 0 atom stereocenters. The molecule has 1 aromatic heterocycles. The van der Waals surface area contributed by atoms with Crippen molar-refractivity contribution >= 4 is 10.9 Å². The summed E-state index contributed by atoms with van der Waals surface area (Å²) in [6.45, 7) is 3.97. The van der Waals surface area contributed by atoms with Crippen LogP contribution in [0, 0.1) is 0 Å². The van der Waals surface area contributed by atoms with Crippen molar-refractivity contribution in [3.63, 3.8) is 0 Å². The first-order valence-electron chi connectivity index (χ1n) is 7.52. The summed E-state index contributed by atoms with van der Waals surface area (Å²) >= 11 is 0. The molecule has 4 nitrogen and oxygen atoms in total. The third kappa shape index (κ3) is 5.79. The fourth-order valence-electron chi connectivity index (χ4n) is 2.12. The van der Waals surface area contributed by atoms with Crippen LogP contribution in [0.4, 0.5) is 0 Å². The molecule has 0 saturated heterocycles. The van der Waals surface area contributed by atoms with Crippen LogP contribution < -0.4 is 5.32 Å². The van der Waals surface area contributed by atoms with Gasteiger partial charge in [-0.3, -0.25) is 4.98 Å². The number of hydrogen-bond acceptors (Lipinski definition) is 4. The summed E-state index contributed by atoms with van der Waals surface area (Å²) in [5.41, 5.74) is 2.15. The van der Waals surface area contributed by atoms with E-state index in [0.717, 1.165) is 43.7 Å². The van der Waals surface area contributed by atoms with Crippen LogP contribution in [-0.2, 0) is 16.0 Å². The number of pyridine rings is 1. The van der Waals surface area contributed by atoms with E-state index in [-0.39, 0.29) is 0 Å². The molecule has 2 rings (SSSR count). The topological polar surface area (TPSA) is 43.4 Å². The summed E-state index contributed by atoms with van der Waals surface area (Å²) in [6, 6.07) is 12.4. The number of nitrogens with zero attached hydrogens (tertiary/aromatic N) is 1. The fourth-order valence-corrected chi connectivity index (χ4v) is 2.12. The van der Waals surface area contributed by atoms with E-state index in [1.807, 2.05) is 12.1 Å². The zero-order chi connectivity index (χ0) is 14.8. The highest BCUT2D eigenvalue weighted by Gasteiger charge is 1.97. The average Bonchev–Trinajstić information content (AvgIpc) is 2.53. The molecule has 4 heteroatoms. The number of fused-ring (bicyclic) bond motifs is 1. The second-order valence-electron chi connectivity index (χ2n) is 4.98. The average molecular weight is 288 g/mol. The minimum atomic E-state index is 0.673. The van der Waals surface area contributed by atoms with Crippen molar-refractivity contribution in [1.29, 1.82) is 0 Å². The van der Waals surface area contributed by atoms with E-state index in [1.165, 1.54) is 5.39 Å². The second-order valence-corrected chi connectivity index (χ2v) is 4.98. The van der Waals surface area contributed by atoms with E-state index < -0.39 is 0 Å². The van der Waals surface area contributed by atoms with Crippen molar-refractivity contribution in [2.45, 2.75) is 19.4 Å². The summed E-state index contributed by atoms with van der Waals surface area (Å²) in [6.07, 6.45) is 2.18. The van der Waals surface area contributed by atoms with Gasteiger partial charge in [0.1, 0.15) is 0 Å². The number of aromatic nitrogens is 1. The number of hydrogen-bond donors (Lipinski definition) is 1. The minimum absolute atomic E-state index is 0.673. The van der Waals surface area contributed by atoms with Crippen LogP contribution in [0.15, 0.2) is 36.4 Å². The molecule has 1 aromatic carbocycles. The van der Waals surface area contributed by atoms with E-state index in [1.54, 1.807) is 7.11 Å². The van der Waals surface area contributed by atoms with Gasteiger partial charge in [-0.15, -0.1) is 0 Å². The lowest BCUT2D eigenvalue weighted by atomic mass is 10.2. The van der Waals surface area contributed by atoms with Gasteiger partial charge in [-0.05, 0) is 31.5 Å². The van der Waals surface area contributed by atoms with Crippen LogP contribution in [0.2, 0.25) is 0 Å². The van der Waals surface area contributed by atoms with E-state index >= 15 is 0 Å². The predicted molar refractivity (Wildman–Crippen MR) is 85.4 cm³/mol. The van der Waals surface area contributed by atoms with Crippen molar-refractivity contribution in [3.8, 4) is 0 Å². The molecule has 0 fully saturated rings. The molecule has 0 aliphatic heterocycles. The highest BCUT2D eigenvalue weighted by molar-refractivity contribution is 5.78. The quantitative estimate of drug-likeness (QED) is 0.683. The van der Waals surface area contributed by atoms with Crippen LogP contribution in [0.3, 0.4) is 0 Å². The normalized spacial score (nSPS) is 11.1. The third-order valence-electron chi connectivity index (χ3n) is 3.29. The SMILES string of the molecule is COCCOCCCCNCc1ccc2ccccc2n1. The van der Waals surface area contributed by atoms with E-state index in [0.29, 0.717) is 13.2 Å². The molecule has 114 valence electrons. The molecule has 0 amide bonds. The first kappa shape index (κ1) is 15.9. The van der Waals surface area contributed by atoms with Gasteiger partial charge in [0.05, 0.1) is 24.4 Å². The maximum atomic E-state index is 5.42. The maximum absolute atomic E-state index is 5.42. The van der Waals surface area contributed by atoms with Gasteiger partial charge in [0.2, 0.25) is 0 Å². The molecular formula is C17H24N2O2. The molecule has 0 radical (unpaired) electrons. The standard InChI is InChI=1S/C17H24N2O2/c1-20-12-13-21-11-5-4-10-18-14-16-9-8-15-6-2-3-7-17(15)19-16/h2-3,6-9,18H,4-5,10-14H2,1H3. The van der Waals surface area contributed by atoms with Crippen LogP contribution in [-0.4, -0.2) is 38.5 Å². The van der Waals surface area contributed by atoms with E-state index in [9.17, 15) is 0 Å². The van der Waals surface area contributed by atoms with Crippen LogP contribution in [0.5, 0.6) is 0 Å². The Morgan fingerprint density at radius 2 is 1.90 bits per heavy atom. The van der Waals surface area contributed by atoms with Crippen molar-refractivity contribution < 1.29 is 9.47 Å². The highest BCUT2D eigenvalue weighted by atomic mass is 16.5. The lowest BCUT2D eigenvalue weighted by Crippen LogP contribution is -2.16. The summed E-state index contributed by atoms with van der Waals surface area (Å²) < 4.78 is 10.3. The molecule has 1 N–H and O–H groups in total. The van der Waals surface area contributed by atoms with Gasteiger partial charge in [-0.1, -0.05) is 24.3 Å². The molecule has 0 unspecified atom stereocenters. The van der Waals surface area contributed by atoms with E-state index in [4.69, 9.17) is 9.47 Å². The van der Waals surface area contributed by atoms with Crippen LogP contribution >= 0.6 is 0 Å². The Balaban J connectivity index is 1.59. The molecule has 2 aromatic rings. The summed E-state index contributed by atoms with van der Waals surface area (Å²) in [5, 5.41) is 4.62. The summed E-state index contributed by atoms with van der Waals surface area (Å²) in [4.78, 5) is 4.64. The zero-order valence-electron chi connectivity index (χ0n) is 12.7. The van der Waals surface area contributed by atoms with Gasteiger partial charge in [0.15, 0.2) is 0 Å². The number of unbranched alkanes of at least 4 members (excludes halogenated alkanes) is 1. The van der Waals surface area contributed by atoms with E-state index in [2.05, 4.69) is 34.6 Å². The molecule has 0 aliphatic rings. The molecule has 21 heavy (non-hydrogen) atoms. The highest BCUT2D eigenvalue weighted by Crippen LogP contribution is 2.11. The van der Waals surface area contributed by atoms with Crippen molar-refractivity contribution in [1.82, 2.24) is 10.3 Å². The van der Waals surface area contributed by atoms with Gasteiger partial charge in [0, 0.05) is 25.6 Å². The van der Waals surface area contributed by atoms with Crippen molar-refractivity contribution in [2.75, 3.05) is 33.5 Å². The fraction of sp³-hybridized carbons (Fsp3) is 0.471. The summed E-state index contributed by atoms with van der Waals surface area (Å²) in [7, 11) is 1.69. The Kier molecular flexibility index (Phi) is 7.15. The molecule has 0 spiro atoms.